The Bertz CT molecular complexity index is 388. The minimum atomic E-state index is 0.187. The Balaban J connectivity index is 2.20. The van der Waals surface area contributed by atoms with Crippen molar-refractivity contribution in [3.63, 3.8) is 0 Å². The van der Waals surface area contributed by atoms with Gasteiger partial charge in [0.1, 0.15) is 0 Å². The highest BCUT2D eigenvalue weighted by Gasteiger charge is 2.03. The van der Waals surface area contributed by atoms with Crippen molar-refractivity contribution in [2.24, 2.45) is 5.73 Å². The van der Waals surface area contributed by atoms with Gasteiger partial charge in [-0.15, -0.1) is 0 Å². The summed E-state index contributed by atoms with van der Waals surface area (Å²) in [6, 6.07) is 0. The Morgan fingerprint density at radius 1 is 0.857 bits per heavy atom. The van der Waals surface area contributed by atoms with Crippen molar-refractivity contribution in [1.29, 1.82) is 0 Å². The van der Waals surface area contributed by atoms with Crippen molar-refractivity contribution >= 4 is 23.5 Å². The Morgan fingerprint density at radius 3 is 2.05 bits per heavy atom. The van der Waals surface area contributed by atoms with Gasteiger partial charge < -0.3 is 16.4 Å². The van der Waals surface area contributed by atoms with Gasteiger partial charge in [-0.25, -0.2) is 0 Å². The second-order valence-corrected chi connectivity index (χ2v) is 5.35. The van der Waals surface area contributed by atoms with Crippen molar-refractivity contribution < 1.29 is 0 Å². The molecule has 0 atom stereocenters. The van der Waals surface area contributed by atoms with E-state index in [9.17, 15) is 0 Å². The number of anilines is 2. The molecule has 0 aromatic carbocycles. The lowest BCUT2D eigenvalue weighted by Crippen LogP contribution is -2.16. The van der Waals surface area contributed by atoms with Gasteiger partial charge in [0.25, 0.3) is 0 Å². The zero-order chi connectivity index (χ0) is 15.3. The smallest absolute Gasteiger partial charge is 0.228 e. The van der Waals surface area contributed by atoms with E-state index in [-0.39, 0.29) is 5.28 Å². The number of rotatable bonds is 12. The van der Waals surface area contributed by atoms with Crippen LogP contribution in [0.25, 0.3) is 0 Å². The van der Waals surface area contributed by atoms with Gasteiger partial charge in [0.2, 0.25) is 17.2 Å². The summed E-state index contributed by atoms with van der Waals surface area (Å²) in [5.41, 5.74) is 5.43. The summed E-state index contributed by atoms with van der Waals surface area (Å²) in [4.78, 5) is 12.3. The maximum Gasteiger partial charge on any atom is 0.228 e. The minimum absolute atomic E-state index is 0.187. The maximum atomic E-state index is 5.87. The lowest BCUT2D eigenvalue weighted by Gasteiger charge is -2.07. The van der Waals surface area contributed by atoms with Gasteiger partial charge in [-0.3, -0.25) is 0 Å². The molecule has 0 saturated heterocycles. The summed E-state index contributed by atoms with van der Waals surface area (Å²) in [6.07, 6.45) is 8.96. The summed E-state index contributed by atoms with van der Waals surface area (Å²) >= 11 is 5.87. The summed E-state index contributed by atoms with van der Waals surface area (Å²) in [5.74, 6) is 0.975. The summed E-state index contributed by atoms with van der Waals surface area (Å²) in [7, 11) is 0. The lowest BCUT2D eigenvalue weighted by molar-refractivity contribution is 0.596. The standard InChI is InChI=1S/C14H27ClN6/c1-2-3-4-5-6-7-8-10-17-13-19-12(15)20-14(21-13)18-11-9-16/h2-11,16H2,1H3,(H2,17,18,19,20,21). The second kappa shape index (κ2) is 11.5. The molecule has 0 saturated carbocycles. The van der Waals surface area contributed by atoms with Crippen LogP contribution in [0.5, 0.6) is 0 Å². The molecule has 7 heteroatoms. The molecular formula is C14H27ClN6. The topological polar surface area (TPSA) is 88.8 Å². The van der Waals surface area contributed by atoms with Gasteiger partial charge in [0.05, 0.1) is 0 Å². The minimum Gasteiger partial charge on any atom is -0.354 e. The van der Waals surface area contributed by atoms with Crippen LogP contribution in [0.1, 0.15) is 51.9 Å². The van der Waals surface area contributed by atoms with Gasteiger partial charge in [-0.2, -0.15) is 15.0 Å². The zero-order valence-electron chi connectivity index (χ0n) is 12.9. The van der Waals surface area contributed by atoms with E-state index in [4.69, 9.17) is 17.3 Å². The molecule has 0 aliphatic rings. The third-order valence-corrected chi connectivity index (χ3v) is 3.27. The molecule has 0 radical (unpaired) electrons. The van der Waals surface area contributed by atoms with Gasteiger partial charge in [-0.05, 0) is 18.0 Å². The number of hydrogen-bond acceptors (Lipinski definition) is 6. The van der Waals surface area contributed by atoms with Crippen LogP contribution in [-0.4, -0.2) is 34.6 Å². The van der Waals surface area contributed by atoms with Gasteiger partial charge in [-0.1, -0.05) is 45.4 Å². The molecule has 21 heavy (non-hydrogen) atoms. The normalized spacial score (nSPS) is 10.6. The fourth-order valence-corrected chi connectivity index (χ4v) is 2.13. The van der Waals surface area contributed by atoms with Crippen LogP contribution in [0.15, 0.2) is 0 Å². The largest absolute Gasteiger partial charge is 0.354 e. The van der Waals surface area contributed by atoms with E-state index in [2.05, 4.69) is 32.5 Å². The number of aromatic nitrogens is 3. The highest BCUT2D eigenvalue weighted by Crippen LogP contribution is 2.10. The zero-order valence-corrected chi connectivity index (χ0v) is 13.6. The van der Waals surface area contributed by atoms with E-state index in [1.807, 2.05) is 0 Å². The predicted molar refractivity (Wildman–Crippen MR) is 88.9 cm³/mol. The average Bonchev–Trinajstić information content (AvgIpc) is 2.47. The van der Waals surface area contributed by atoms with Crippen LogP contribution in [0, 0.1) is 0 Å². The Kier molecular flexibility index (Phi) is 9.82. The number of nitrogens with one attached hydrogen (secondary N) is 2. The number of hydrogen-bond donors (Lipinski definition) is 3. The van der Waals surface area contributed by atoms with Crippen molar-refractivity contribution in [1.82, 2.24) is 15.0 Å². The highest BCUT2D eigenvalue weighted by atomic mass is 35.5. The summed E-state index contributed by atoms with van der Waals surface area (Å²) < 4.78 is 0. The molecule has 0 unspecified atom stereocenters. The maximum absolute atomic E-state index is 5.87. The first-order chi connectivity index (χ1) is 10.3. The van der Waals surface area contributed by atoms with Crippen molar-refractivity contribution in [2.75, 3.05) is 30.3 Å². The van der Waals surface area contributed by atoms with Crippen molar-refractivity contribution in [3.8, 4) is 0 Å². The lowest BCUT2D eigenvalue weighted by atomic mass is 10.1. The molecule has 1 heterocycles. The van der Waals surface area contributed by atoms with E-state index < -0.39 is 0 Å². The molecule has 0 spiro atoms. The fraction of sp³-hybridized carbons (Fsp3) is 0.786. The Morgan fingerprint density at radius 2 is 1.43 bits per heavy atom. The van der Waals surface area contributed by atoms with Crippen LogP contribution in [0.3, 0.4) is 0 Å². The van der Waals surface area contributed by atoms with Gasteiger partial charge in [0, 0.05) is 19.6 Å². The summed E-state index contributed by atoms with van der Waals surface area (Å²) in [6.45, 7) is 4.21. The molecule has 6 nitrogen and oxygen atoms in total. The number of halogens is 1. The van der Waals surface area contributed by atoms with Crippen LogP contribution in [-0.2, 0) is 0 Å². The molecule has 1 aromatic rings. The molecule has 0 amide bonds. The molecule has 1 aromatic heterocycles. The van der Waals surface area contributed by atoms with Crippen LogP contribution >= 0.6 is 11.6 Å². The van der Waals surface area contributed by atoms with E-state index in [1.54, 1.807) is 0 Å². The van der Waals surface area contributed by atoms with Crippen molar-refractivity contribution in [3.05, 3.63) is 5.28 Å². The fourth-order valence-electron chi connectivity index (χ4n) is 1.97. The van der Waals surface area contributed by atoms with Crippen LogP contribution in [0.2, 0.25) is 5.28 Å². The first-order valence-electron chi connectivity index (χ1n) is 7.85. The SMILES string of the molecule is CCCCCCCCCNc1nc(Cl)nc(NCCN)n1. The highest BCUT2D eigenvalue weighted by molar-refractivity contribution is 6.28. The molecule has 0 aliphatic heterocycles. The molecule has 1 rings (SSSR count). The second-order valence-electron chi connectivity index (χ2n) is 5.02. The van der Waals surface area contributed by atoms with E-state index in [0.29, 0.717) is 25.0 Å². The van der Waals surface area contributed by atoms with Crippen LogP contribution < -0.4 is 16.4 Å². The third kappa shape index (κ3) is 8.67. The van der Waals surface area contributed by atoms with E-state index in [0.717, 1.165) is 13.0 Å². The molecular weight excluding hydrogens is 288 g/mol. The third-order valence-electron chi connectivity index (χ3n) is 3.10. The average molecular weight is 315 g/mol. The molecule has 4 N–H and O–H groups in total. The molecule has 0 fully saturated rings. The first kappa shape index (κ1) is 17.9. The number of unbranched alkanes of at least 4 members (excludes halogenated alkanes) is 6. The van der Waals surface area contributed by atoms with E-state index in [1.165, 1.54) is 38.5 Å². The van der Waals surface area contributed by atoms with Crippen molar-refractivity contribution in [2.45, 2.75) is 51.9 Å². The summed E-state index contributed by atoms with van der Waals surface area (Å²) in [5, 5.41) is 6.37. The van der Waals surface area contributed by atoms with E-state index >= 15 is 0 Å². The predicted octanol–water partition coefficient (Wildman–Crippen LogP) is 3.06. The quantitative estimate of drug-likeness (QED) is 0.514. The first-order valence-corrected chi connectivity index (χ1v) is 8.23. The monoisotopic (exact) mass is 314 g/mol. The molecule has 120 valence electrons. The molecule has 0 bridgehead atoms. The number of nitrogens with two attached hydrogens (primary N) is 1. The number of nitrogens with zero attached hydrogens (tertiary/aromatic N) is 3. The van der Waals surface area contributed by atoms with Gasteiger partial charge in [0.15, 0.2) is 0 Å². The molecule has 0 aliphatic carbocycles. The Labute approximate surface area is 132 Å². The van der Waals surface area contributed by atoms with Gasteiger partial charge >= 0.3 is 0 Å². The van der Waals surface area contributed by atoms with Crippen LogP contribution in [0.4, 0.5) is 11.9 Å². The Hall–Kier alpha value is -1.14.